The smallest absolute Gasteiger partial charge is 0.0398 e. The first-order chi connectivity index (χ1) is 3.39. The normalized spacial score (nSPS) is 7.62. The Labute approximate surface area is 49.3 Å². The molecular weight excluding hydrogens is 100 g/mol. The fraction of sp³-hybridized carbons (Fsp3) is 0.143. The van der Waals surface area contributed by atoms with E-state index in [4.69, 9.17) is 0 Å². The molecule has 0 saturated carbocycles. The molecule has 0 unspecified atom stereocenters. The van der Waals surface area contributed by atoms with Crippen molar-refractivity contribution in [3.8, 4) is 0 Å². The van der Waals surface area contributed by atoms with Crippen molar-refractivity contribution in [1.82, 2.24) is 0 Å². The summed E-state index contributed by atoms with van der Waals surface area (Å²) in [5.74, 6) is 0. The minimum atomic E-state index is 0. The average Bonchev–Trinajstić information content (AvgIpc) is 1.69. The molecule has 0 fully saturated rings. The molecule has 0 spiro atoms. The van der Waals surface area contributed by atoms with Gasteiger partial charge in [-0.3, -0.25) is 5.48 Å². The zero-order chi connectivity index (χ0) is 5.11. The molecule has 1 radical (unpaired) electrons. The molecule has 0 bridgehead atoms. The highest BCUT2D eigenvalue weighted by molar-refractivity contribution is 5.11. The van der Waals surface area contributed by atoms with Crippen molar-refractivity contribution >= 4 is 0 Å². The SMILES string of the molecule is Cc1ccccc1.[OH]. The Morgan fingerprint density at radius 3 is 1.75 bits per heavy atom. The van der Waals surface area contributed by atoms with Gasteiger partial charge >= 0.3 is 0 Å². The second kappa shape index (κ2) is 3.22. The lowest BCUT2D eigenvalue weighted by Crippen LogP contribution is -1.62. The highest BCUT2D eigenvalue weighted by Gasteiger charge is 1.72. The molecule has 0 amide bonds. The maximum Gasteiger partial charge on any atom is -0.0398 e. The third-order valence-corrected chi connectivity index (χ3v) is 0.940. The number of rotatable bonds is 0. The molecule has 1 aromatic rings. The van der Waals surface area contributed by atoms with Crippen LogP contribution in [0.15, 0.2) is 30.3 Å². The van der Waals surface area contributed by atoms with E-state index in [-0.39, 0.29) is 5.48 Å². The topological polar surface area (TPSA) is 30.0 Å². The zero-order valence-electron chi connectivity index (χ0n) is 4.83. The first kappa shape index (κ1) is 7.18. The Morgan fingerprint density at radius 2 is 1.50 bits per heavy atom. The summed E-state index contributed by atoms with van der Waals surface area (Å²) in [7, 11) is 0. The molecule has 0 atom stereocenters. The first-order valence-electron chi connectivity index (χ1n) is 2.41. The Bertz CT molecular complexity index is 134. The highest BCUT2D eigenvalue weighted by Crippen LogP contribution is 1.92. The Hall–Kier alpha value is -0.820. The Balaban J connectivity index is 0.000000490. The summed E-state index contributed by atoms with van der Waals surface area (Å²) in [5.41, 5.74) is 1.32. The van der Waals surface area contributed by atoms with Crippen molar-refractivity contribution < 1.29 is 5.48 Å². The van der Waals surface area contributed by atoms with Crippen molar-refractivity contribution in [3.63, 3.8) is 0 Å². The van der Waals surface area contributed by atoms with Crippen molar-refractivity contribution in [2.75, 3.05) is 0 Å². The molecule has 1 nitrogen and oxygen atoms in total. The maximum absolute atomic E-state index is 2.08. The van der Waals surface area contributed by atoms with E-state index < -0.39 is 0 Å². The molecule has 8 heavy (non-hydrogen) atoms. The quantitative estimate of drug-likeness (QED) is 0.526. The Kier molecular flexibility index (Phi) is 2.89. The zero-order valence-corrected chi connectivity index (χ0v) is 4.83. The number of aryl methyl sites for hydroxylation is 1. The van der Waals surface area contributed by atoms with Gasteiger partial charge in [-0.25, -0.2) is 0 Å². The molecule has 0 saturated heterocycles. The van der Waals surface area contributed by atoms with Gasteiger partial charge < -0.3 is 0 Å². The van der Waals surface area contributed by atoms with Crippen molar-refractivity contribution in [1.29, 1.82) is 0 Å². The second-order valence-electron chi connectivity index (χ2n) is 1.65. The van der Waals surface area contributed by atoms with E-state index in [9.17, 15) is 0 Å². The largest absolute Gasteiger partial charge is 0.255 e. The van der Waals surface area contributed by atoms with E-state index >= 15 is 0 Å². The van der Waals surface area contributed by atoms with E-state index in [0.29, 0.717) is 0 Å². The van der Waals surface area contributed by atoms with Crippen LogP contribution < -0.4 is 0 Å². The molecule has 0 aromatic heterocycles. The molecule has 1 N–H and O–H groups in total. The van der Waals surface area contributed by atoms with Crippen LogP contribution >= 0.6 is 0 Å². The number of benzene rings is 1. The van der Waals surface area contributed by atoms with Crippen molar-refractivity contribution in [3.05, 3.63) is 35.9 Å². The maximum atomic E-state index is 2.08. The Morgan fingerprint density at radius 1 is 1.00 bits per heavy atom. The predicted molar refractivity (Wildman–Crippen MR) is 33.1 cm³/mol. The molecule has 0 aliphatic rings. The van der Waals surface area contributed by atoms with Crippen molar-refractivity contribution in [2.45, 2.75) is 6.92 Å². The van der Waals surface area contributed by atoms with E-state index in [0.717, 1.165) is 0 Å². The number of hydrogen-bond donors (Lipinski definition) is 1. The van der Waals surface area contributed by atoms with Crippen LogP contribution in [0.4, 0.5) is 0 Å². The summed E-state index contributed by atoms with van der Waals surface area (Å²) in [5, 5.41) is 0. The summed E-state index contributed by atoms with van der Waals surface area (Å²) in [6.45, 7) is 2.08. The average molecular weight is 109 g/mol. The molecule has 0 aliphatic heterocycles. The van der Waals surface area contributed by atoms with Crippen LogP contribution in [0, 0.1) is 6.92 Å². The van der Waals surface area contributed by atoms with E-state index in [1.807, 2.05) is 18.2 Å². The first-order valence-corrected chi connectivity index (χ1v) is 2.41. The lowest BCUT2D eigenvalue weighted by atomic mass is 10.2. The van der Waals surface area contributed by atoms with Gasteiger partial charge in [0.15, 0.2) is 0 Å². The van der Waals surface area contributed by atoms with Crippen LogP contribution in [0.2, 0.25) is 0 Å². The van der Waals surface area contributed by atoms with Crippen LogP contribution in [-0.4, -0.2) is 5.48 Å². The van der Waals surface area contributed by atoms with Gasteiger partial charge in [0.2, 0.25) is 0 Å². The number of hydrogen-bond acceptors (Lipinski definition) is 0. The van der Waals surface area contributed by atoms with Gasteiger partial charge in [0.1, 0.15) is 0 Å². The molecule has 1 aromatic carbocycles. The molecule has 43 valence electrons. The van der Waals surface area contributed by atoms with Crippen LogP contribution in [0.25, 0.3) is 0 Å². The monoisotopic (exact) mass is 109 g/mol. The summed E-state index contributed by atoms with van der Waals surface area (Å²) in [4.78, 5) is 0. The molecule has 1 rings (SSSR count). The van der Waals surface area contributed by atoms with Gasteiger partial charge in [-0.2, -0.15) is 0 Å². The second-order valence-corrected chi connectivity index (χ2v) is 1.65. The lowest BCUT2D eigenvalue weighted by molar-refractivity contribution is 0.824. The lowest BCUT2D eigenvalue weighted by Gasteiger charge is -1.82. The predicted octanol–water partition coefficient (Wildman–Crippen LogP) is 1.82. The standard InChI is InChI=1S/C7H8.HO/c1-7-5-3-2-4-6-7;/h2-6H,1H3;1H. The van der Waals surface area contributed by atoms with Gasteiger partial charge in [-0.15, -0.1) is 0 Å². The third kappa shape index (κ3) is 1.76. The summed E-state index contributed by atoms with van der Waals surface area (Å²) >= 11 is 0. The molecule has 0 aliphatic carbocycles. The van der Waals surface area contributed by atoms with Crippen LogP contribution in [0.5, 0.6) is 0 Å². The van der Waals surface area contributed by atoms with Gasteiger partial charge in [-0.05, 0) is 6.92 Å². The van der Waals surface area contributed by atoms with Gasteiger partial charge in [0.25, 0.3) is 0 Å². The fourth-order valence-corrected chi connectivity index (χ4v) is 0.534. The van der Waals surface area contributed by atoms with E-state index in [1.54, 1.807) is 0 Å². The third-order valence-electron chi connectivity index (χ3n) is 0.940. The molecule has 1 heteroatoms. The van der Waals surface area contributed by atoms with Crippen LogP contribution in [-0.2, 0) is 0 Å². The van der Waals surface area contributed by atoms with Gasteiger partial charge in [0, 0.05) is 0 Å². The summed E-state index contributed by atoms with van der Waals surface area (Å²) < 4.78 is 0. The van der Waals surface area contributed by atoms with Crippen molar-refractivity contribution in [2.24, 2.45) is 0 Å². The minimum absolute atomic E-state index is 0. The van der Waals surface area contributed by atoms with Gasteiger partial charge in [-0.1, -0.05) is 35.9 Å². The highest BCUT2D eigenvalue weighted by atomic mass is 16.0. The van der Waals surface area contributed by atoms with Crippen LogP contribution in [0.3, 0.4) is 0 Å². The molecular formula is C7H9O. The van der Waals surface area contributed by atoms with E-state index in [1.165, 1.54) is 5.56 Å². The summed E-state index contributed by atoms with van der Waals surface area (Å²) in [6.07, 6.45) is 0. The summed E-state index contributed by atoms with van der Waals surface area (Å²) in [6, 6.07) is 10.3. The van der Waals surface area contributed by atoms with E-state index in [2.05, 4.69) is 19.1 Å². The molecule has 0 heterocycles. The van der Waals surface area contributed by atoms with Gasteiger partial charge in [0.05, 0.1) is 0 Å². The minimum Gasteiger partial charge on any atom is -0.255 e. The van der Waals surface area contributed by atoms with Crippen LogP contribution in [0.1, 0.15) is 5.56 Å². The fourth-order valence-electron chi connectivity index (χ4n) is 0.534.